The summed E-state index contributed by atoms with van der Waals surface area (Å²) in [4.78, 5) is 66.4. The number of rotatable bonds is 15. The first-order valence-electron chi connectivity index (χ1n) is 25.1. The molecule has 3 aliphatic heterocycles. The van der Waals surface area contributed by atoms with Crippen LogP contribution in [0.15, 0.2) is 89.2 Å². The van der Waals surface area contributed by atoms with Crippen LogP contribution in [-0.4, -0.2) is 105 Å². The molecule has 388 valence electrons. The number of aliphatic hydroxyl groups is 1. The zero-order valence-electron chi connectivity index (χ0n) is 43.1. The highest BCUT2D eigenvalue weighted by Gasteiger charge is 2.45. The van der Waals surface area contributed by atoms with E-state index in [1.54, 1.807) is 22.7 Å². The van der Waals surface area contributed by atoms with Gasteiger partial charge < -0.3 is 35.6 Å². The van der Waals surface area contributed by atoms with Crippen molar-refractivity contribution >= 4 is 69.3 Å². The molecule has 4 N–H and O–H groups in total. The second-order valence-corrected chi connectivity index (χ2v) is 23.3. The number of carbonyl (C=O) groups excluding carboxylic acids is 4. The number of halogens is 1. The SMILES string of the molecule is Cc1ccsc1-c1ccc(CNC(=O)[C@@H]2C[C@@H](O)CN2C(=O)[C@@H](NC(=O)CO[C@@H]2CCN(c3ccc([C@@H](C)NC(=O)C[C@@H]4N=C(c5ccc(Cl)cc5)c5c(sc(C)c5C)-n5c(C)nnc54)cc3)C2)C(C)(C)C)cc1. The minimum absolute atomic E-state index is 0.0116. The van der Waals surface area contributed by atoms with Gasteiger partial charge in [-0.05, 0) is 110 Å². The number of benzene rings is 3. The molecule has 6 atom stereocenters. The predicted molar refractivity (Wildman–Crippen MR) is 291 cm³/mol. The number of thiophene rings is 2. The highest BCUT2D eigenvalue weighted by atomic mass is 35.5. The fraction of sp³-hybridized carbons (Fsp3) is 0.411. The highest BCUT2D eigenvalue weighted by molar-refractivity contribution is 7.15. The Morgan fingerprint density at radius 2 is 1.61 bits per heavy atom. The summed E-state index contributed by atoms with van der Waals surface area (Å²) in [6.07, 6.45) is -0.221. The number of ether oxygens (including phenoxy) is 1. The Morgan fingerprint density at radius 1 is 0.892 bits per heavy atom. The minimum Gasteiger partial charge on any atom is -0.391 e. The number of hydrogen-bond donors (Lipinski definition) is 4. The van der Waals surface area contributed by atoms with E-state index < -0.39 is 41.5 Å². The molecule has 0 aliphatic carbocycles. The highest BCUT2D eigenvalue weighted by Crippen LogP contribution is 2.40. The zero-order chi connectivity index (χ0) is 52.6. The number of anilines is 1. The lowest BCUT2D eigenvalue weighted by molar-refractivity contribution is -0.144. The Kier molecular flexibility index (Phi) is 15.6. The fourth-order valence-corrected chi connectivity index (χ4v) is 12.3. The number of fused-ring (bicyclic) bond motifs is 3. The molecule has 0 radical (unpaired) electrons. The number of aliphatic imine (C=N–C) groups is 1. The number of β-amino-alcohol motifs (C(OH)–C–C–N with tert-alkyl or cyclic N) is 1. The van der Waals surface area contributed by atoms with Gasteiger partial charge in [0.2, 0.25) is 23.6 Å². The molecule has 2 fully saturated rings. The fourth-order valence-electron chi connectivity index (χ4n) is 10.0. The maximum Gasteiger partial charge on any atom is 0.246 e. The molecule has 3 aromatic heterocycles. The quantitative estimate of drug-likeness (QED) is 0.0784. The van der Waals surface area contributed by atoms with Gasteiger partial charge in [0.05, 0.1) is 30.4 Å². The van der Waals surface area contributed by atoms with E-state index in [0.717, 1.165) is 62.2 Å². The van der Waals surface area contributed by atoms with Gasteiger partial charge in [0.15, 0.2) is 5.82 Å². The van der Waals surface area contributed by atoms with Gasteiger partial charge in [-0.25, -0.2) is 0 Å². The topological polar surface area (TPSA) is 183 Å². The maximum absolute atomic E-state index is 14.2. The van der Waals surface area contributed by atoms with Crippen molar-refractivity contribution in [3.63, 3.8) is 0 Å². The first-order chi connectivity index (χ1) is 35.3. The van der Waals surface area contributed by atoms with Gasteiger partial charge >= 0.3 is 0 Å². The summed E-state index contributed by atoms with van der Waals surface area (Å²) in [6, 6.07) is 23.1. The van der Waals surface area contributed by atoms with E-state index in [2.05, 4.69) is 63.3 Å². The minimum atomic E-state index is -0.967. The van der Waals surface area contributed by atoms with E-state index in [1.165, 1.54) is 20.2 Å². The van der Waals surface area contributed by atoms with Crippen LogP contribution in [0.1, 0.15) is 109 Å². The molecular weight excluding hydrogens is 994 g/mol. The van der Waals surface area contributed by atoms with Crippen molar-refractivity contribution in [1.82, 2.24) is 35.6 Å². The van der Waals surface area contributed by atoms with Gasteiger partial charge in [0.25, 0.3) is 0 Å². The normalized spacial score (nSPS) is 19.3. The molecule has 0 spiro atoms. The molecule has 4 amide bonds. The van der Waals surface area contributed by atoms with Crippen LogP contribution < -0.4 is 20.9 Å². The molecule has 2 saturated heterocycles. The third-order valence-corrected chi connectivity index (χ3v) is 16.8. The molecule has 15 nitrogen and oxygen atoms in total. The summed E-state index contributed by atoms with van der Waals surface area (Å²) in [7, 11) is 0. The number of nitrogens with zero attached hydrogens (tertiary/aromatic N) is 6. The molecule has 9 rings (SSSR count). The van der Waals surface area contributed by atoms with E-state index in [1.807, 2.05) is 112 Å². The van der Waals surface area contributed by atoms with Crippen LogP contribution in [0.2, 0.25) is 5.02 Å². The Labute approximate surface area is 445 Å². The maximum atomic E-state index is 14.2. The van der Waals surface area contributed by atoms with Crippen LogP contribution in [0.5, 0.6) is 0 Å². The number of carbonyl (C=O) groups is 4. The van der Waals surface area contributed by atoms with Crippen LogP contribution in [0, 0.1) is 33.1 Å². The Morgan fingerprint density at radius 3 is 2.30 bits per heavy atom. The first-order valence-corrected chi connectivity index (χ1v) is 27.2. The van der Waals surface area contributed by atoms with Crippen molar-refractivity contribution in [3.05, 3.63) is 139 Å². The summed E-state index contributed by atoms with van der Waals surface area (Å²) in [5.41, 5.74) is 8.29. The van der Waals surface area contributed by atoms with Crippen molar-refractivity contribution in [2.75, 3.05) is 31.1 Å². The molecule has 0 saturated carbocycles. The van der Waals surface area contributed by atoms with Crippen molar-refractivity contribution in [2.45, 2.75) is 118 Å². The van der Waals surface area contributed by atoms with Crippen LogP contribution in [0.4, 0.5) is 5.69 Å². The lowest BCUT2D eigenvalue weighted by Gasteiger charge is -2.35. The third kappa shape index (κ3) is 11.4. The van der Waals surface area contributed by atoms with Gasteiger partial charge in [-0.1, -0.05) is 80.9 Å². The summed E-state index contributed by atoms with van der Waals surface area (Å²) in [6.45, 7) is 17.0. The van der Waals surface area contributed by atoms with E-state index >= 15 is 0 Å². The van der Waals surface area contributed by atoms with Gasteiger partial charge in [-0.3, -0.25) is 28.7 Å². The second-order valence-electron chi connectivity index (χ2n) is 20.8. The van der Waals surface area contributed by atoms with Crippen molar-refractivity contribution in [2.24, 2.45) is 10.4 Å². The molecule has 18 heteroatoms. The average Bonchev–Trinajstić information content (AvgIpc) is 4.23. The van der Waals surface area contributed by atoms with Crippen LogP contribution in [0.25, 0.3) is 15.4 Å². The monoisotopic (exact) mass is 1060 g/mol. The second kappa shape index (κ2) is 21.9. The van der Waals surface area contributed by atoms with E-state index in [9.17, 15) is 24.3 Å². The Bertz CT molecular complexity index is 3070. The number of hydrogen-bond acceptors (Lipinski definition) is 12. The molecule has 3 aromatic carbocycles. The van der Waals surface area contributed by atoms with E-state index in [-0.39, 0.29) is 56.5 Å². The summed E-state index contributed by atoms with van der Waals surface area (Å²) in [5, 5.41) is 32.4. The smallest absolute Gasteiger partial charge is 0.246 e. The Hall–Kier alpha value is -6.24. The number of nitrogens with one attached hydrogen (secondary N) is 3. The van der Waals surface area contributed by atoms with Crippen molar-refractivity contribution < 1.29 is 29.0 Å². The summed E-state index contributed by atoms with van der Waals surface area (Å²) in [5.74, 6) is -0.0477. The van der Waals surface area contributed by atoms with Crippen LogP contribution >= 0.6 is 34.3 Å². The number of aliphatic hydroxyl groups excluding tert-OH is 1. The Balaban J connectivity index is 0.767. The molecule has 6 heterocycles. The first kappa shape index (κ1) is 52.6. The predicted octanol–water partition coefficient (Wildman–Crippen LogP) is 8.51. The van der Waals surface area contributed by atoms with Gasteiger partial charge in [0.1, 0.15) is 35.6 Å². The molecular formula is C56H64ClN9O6S2. The summed E-state index contributed by atoms with van der Waals surface area (Å²) < 4.78 is 8.17. The zero-order valence-corrected chi connectivity index (χ0v) is 45.5. The van der Waals surface area contributed by atoms with Gasteiger partial charge in [-0.2, -0.15) is 0 Å². The van der Waals surface area contributed by atoms with E-state index in [0.29, 0.717) is 23.8 Å². The van der Waals surface area contributed by atoms with Gasteiger partial charge in [0, 0.05) is 64.2 Å². The van der Waals surface area contributed by atoms with Crippen molar-refractivity contribution in [1.29, 1.82) is 0 Å². The molecule has 0 bridgehead atoms. The number of likely N-dealkylation sites (tertiary alicyclic amines) is 1. The lowest BCUT2D eigenvalue weighted by Crippen LogP contribution is -2.58. The van der Waals surface area contributed by atoms with Gasteiger partial charge in [-0.15, -0.1) is 32.9 Å². The third-order valence-electron chi connectivity index (χ3n) is 14.3. The molecule has 74 heavy (non-hydrogen) atoms. The standard InChI is InChI=1S/C56H64ClN9O6S2/c1-31-22-24-73-50(31)39-11-9-36(10-12-39)27-58-53(70)45-25-42(67)28-65(45)54(71)51(56(6,7)8)61-47(69)30-72-43-21-23-64(29-43)41-19-15-37(16-20-41)33(3)59-46(68)26-44-52-63-62-35(5)66(52)55-48(32(2)34(4)74-55)49(60-44)38-13-17-40(57)18-14-38/h9-20,22,24,33,42-45,51,67H,21,23,25-30H2,1-8H3,(H,58,70)(H,59,68)(H,61,69)/t33-,42-,43-,44+,45+,51-/m1/s1. The molecule has 0 unspecified atom stereocenters. The van der Waals surface area contributed by atoms with Crippen LogP contribution in [0.3, 0.4) is 0 Å². The largest absolute Gasteiger partial charge is 0.391 e. The number of aryl methyl sites for hydroxylation is 3. The number of aromatic nitrogens is 3. The lowest BCUT2D eigenvalue weighted by atomic mass is 9.85. The van der Waals surface area contributed by atoms with Crippen molar-refractivity contribution in [3.8, 4) is 15.4 Å². The van der Waals surface area contributed by atoms with Crippen LogP contribution in [-0.2, 0) is 30.5 Å². The molecule has 6 aromatic rings. The molecule has 3 aliphatic rings. The average molecular weight is 1060 g/mol. The summed E-state index contributed by atoms with van der Waals surface area (Å²) >= 11 is 9.64. The van der Waals surface area contributed by atoms with E-state index in [4.69, 9.17) is 21.3 Å². The number of amides is 4.